The Balaban J connectivity index is 0.00000289. The van der Waals surface area contributed by atoms with Crippen LogP contribution in [-0.2, 0) is 0 Å². The average molecular weight is 571 g/mol. The Morgan fingerprint density at radius 3 is 2.47 bits per heavy atom. The summed E-state index contributed by atoms with van der Waals surface area (Å²) in [6, 6.07) is 6.71. The van der Waals surface area contributed by atoms with Crippen molar-refractivity contribution < 1.29 is 0 Å². The lowest BCUT2D eigenvalue weighted by molar-refractivity contribution is 0.254. The third kappa shape index (κ3) is 7.17. The molecule has 0 spiro atoms. The summed E-state index contributed by atoms with van der Waals surface area (Å²) in [5.74, 6) is 1.78. The normalized spacial score (nSPS) is 18.3. The summed E-state index contributed by atoms with van der Waals surface area (Å²) >= 11 is 1.83. The predicted octanol–water partition coefficient (Wildman–Crippen LogP) is 2.50. The third-order valence-electron chi connectivity index (χ3n) is 6.03. The molecule has 2 aliphatic heterocycles. The van der Waals surface area contributed by atoms with Crippen LogP contribution in [0.1, 0.15) is 19.3 Å². The molecular formula is C22H35IN8S. The SMILES string of the molecule is CN=C(NCCCN1CCN(c2ncccn2)CC1)NC1CCN(c2cccs2)CC1.I. The van der Waals surface area contributed by atoms with Gasteiger partial charge < -0.3 is 20.4 Å². The van der Waals surface area contributed by atoms with Crippen LogP contribution in [0.5, 0.6) is 0 Å². The van der Waals surface area contributed by atoms with E-state index in [-0.39, 0.29) is 24.0 Å². The molecule has 4 heterocycles. The summed E-state index contributed by atoms with van der Waals surface area (Å²) in [5, 5.41) is 10.7. The topological polar surface area (TPSA) is 71.9 Å². The van der Waals surface area contributed by atoms with Gasteiger partial charge in [-0.05, 0) is 49.4 Å². The van der Waals surface area contributed by atoms with Crippen molar-refractivity contribution in [1.29, 1.82) is 0 Å². The van der Waals surface area contributed by atoms with E-state index in [4.69, 9.17) is 0 Å². The number of rotatable bonds is 7. The molecule has 2 aliphatic rings. The highest BCUT2D eigenvalue weighted by Gasteiger charge is 2.21. The molecule has 176 valence electrons. The second-order valence-electron chi connectivity index (χ2n) is 8.09. The highest BCUT2D eigenvalue weighted by Crippen LogP contribution is 2.24. The smallest absolute Gasteiger partial charge is 0.225 e. The zero-order valence-corrected chi connectivity index (χ0v) is 22.0. The van der Waals surface area contributed by atoms with Crippen LogP contribution in [0.3, 0.4) is 0 Å². The quantitative estimate of drug-likeness (QED) is 0.230. The fourth-order valence-corrected chi connectivity index (χ4v) is 5.00. The summed E-state index contributed by atoms with van der Waals surface area (Å²) in [6.45, 7) is 8.37. The van der Waals surface area contributed by atoms with Crippen molar-refractivity contribution in [1.82, 2.24) is 25.5 Å². The van der Waals surface area contributed by atoms with Gasteiger partial charge in [-0.15, -0.1) is 35.3 Å². The Kier molecular flexibility index (Phi) is 10.3. The molecule has 0 aromatic carbocycles. The van der Waals surface area contributed by atoms with E-state index < -0.39 is 0 Å². The second kappa shape index (κ2) is 13.1. The van der Waals surface area contributed by atoms with Crippen LogP contribution >= 0.6 is 35.3 Å². The van der Waals surface area contributed by atoms with Gasteiger partial charge >= 0.3 is 0 Å². The van der Waals surface area contributed by atoms with Crippen molar-refractivity contribution in [2.75, 3.05) is 69.2 Å². The first-order valence-corrected chi connectivity index (χ1v) is 12.2. The zero-order valence-electron chi connectivity index (χ0n) is 18.8. The van der Waals surface area contributed by atoms with Gasteiger partial charge in [0.25, 0.3) is 0 Å². The van der Waals surface area contributed by atoms with Crippen molar-refractivity contribution in [3.05, 3.63) is 36.0 Å². The van der Waals surface area contributed by atoms with Gasteiger partial charge in [0.05, 0.1) is 5.00 Å². The molecule has 2 saturated heterocycles. The van der Waals surface area contributed by atoms with Crippen LogP contribution in [0.4, 0.5) is 10.9 Å². The standard InChI is InChI=1S/C22H34N8S.HI/c1-23-21(27-19-6-12-29(13-7-19)20-5-2-18-31-20)24-10-4-11-28-14-16-30(17-15-28)22-25-8-3-9-26-22;/h2-3,5,8-9,18-19H,4,6-7,10-17H2,1H3,(H2,23,24,27);1H. The van der Waals surface area contributed by atoms with Crippen LogP contribution in [0.25, 0.3) is 0 Å². The van der Waals surface area contributed by atoms with Crippen molar-refractivity contribution in [2.45, 2.75) is 25.3 Å². The molecule has 32 heavy (non-hydrogen) atoms. The van der Waals surface area contributed by atoms with Crippen molar-refractivity contribution in [3.8, 4) is 0 Å². The molecule has 4 rings (SSSR count). The Morgan fingerprint density at radius 2 is 1.81 bits per heavy atom. The molecule has 2 aromatic rings. The van der Waals surface area contributed by atoms with Crippen LogP contribution < -0.4 is 20.4 Å². The molecule has 0 bridgehead atoms. The van der Waals surface area contributed by atoms with Gasteiger partial charge in [-0.25, -0.2) is 9.97 Å². The number of piperidine rings is 1. The highest BCUT2D eigenvalue weighted by atomic mass is 127. The van der Waals surface area contributed by atoms with Crippen LogP contribution in [0.15, 0.2) is 41.0 Å². The minimum Gasteiger partial charge on any atom is -0.363 e. The molecule has 2 fully saturated rings. The van der Waals surface area contributed by atoms with Crippen molar-refractivity contribution in [3.63, 3.8) is 0 Å². The number of aliphatic imine (C=N–C) groups is 1. The highest BCUT2D eigenvalue weighted by molar-refractivity contribution is 14.0. The van der Waals surface area contributed by atoms with Gasteiger partial charge in [-0.3, -0.25) is 9.89 Å². The summed E-state index contributed by atoms with van der Waals surface area (Å²) in [5.41, 5.74) is 0. The molecule has 8 nitrogen and oxygen atoms in total. The minimum absolute atomic E-state index is 0. The maximum absolute atomic E-state index is 4.43. The largest absolute Gasteiger partial charge is 0.363 e. The predicted molar refractivity (Wildman–Crippen MR) is 145 cm³/mol. The summed E-state index contributed by atoms with van der Waals surface area (Å²) in [4.78, 5) is 20.4. The van der Waals surface area contributed by atoms with Crippen LogP contribution in [0, 0.1) is 0 Å². The number of piperazine rings is 1. The average Bonchev–Trinajstić information content (AvgIpc) is 3.37. The van der Waals surface area contributed by atoms with Gasteiger partial charge in [0.1, 0.15) is 0 Å². The van der Waals surface area contributed by atoms with Gasteiger partial charge in [0, 0.05) is 71.3 Å². The summed E-state index contributed by atoms with van der Waals surface area (Å²) < 4.78 is 0. The zero-order chi connectivity index (χ0) is 21.3. The fraction of sp³-hybridized carbons (Fsp3) is 0.591. The van der Waals surface area contributed by atoms with Crippen molar-refractivity contribution >= 4 is 52.2 Å². The maximum Gasteiger partial charge on any atom is 0.225 e. The molecule has 0 aliphatic carbocycles. The first-order chi connectivity index (χ1) is 15.3. The lowest BCUT2D eigenvalue weighted by Gasteiger charge is -2.35. The number of halogens is 1. The molecule has 2 aromatic heterocycles. The molecule has 0 amide bonds. The molecule has 0 unspecified atom stereocenters. The van der Waals surface area contributed by atoms with E-state index >= 15 is 0 Å². The Bertz CT molecular complexity index is 788. The first kappa shape index (κ1) is 25.0. The summed E-state index contributed by atoms with van der Waals surface area (Å²) in [7, 11) is 1.86. The van der Waals surface area contributed by atoms with E-state index in [1.165, 1.54) is 5.00 Å². The number of nitrogens with one attached hydrogen (secondary N) is 2. The fourth-order valence-electron chi connectivity index (χ4n) is 4.22. The van der Waals surface area contributed by atoms with E-state index in [1.54, 1.807) is 0 Å². The maximum atomic E-state index is 4.43. The van der Waals surface area contributed by atoms with E-state index in [1.807, 2.05) is 36.8 Å². The number of hydrogen-bond acceptors (Lipinski definition) is 7. The molecule has 0 atom stereocenters. The van der Waals surface area contributed by atoms with E-state index in [9.17, 15) is 0 Å². The number of guanidine groups is 1. The van der Waals surface area contributed by atoms with Gasteiger partial charge in [-0.2, -0.15) is 0 Å². The Hall–Kier alpha value is -1.66. The summed E-state index contributed by atoms with van der Waals surface area (Å²) in [6.07, 6.45) is 7.03. The number of thiophene rings is 1. The lowest BCUT2D eigenvalue weighted by Crippen LogP contribution is -2.49. The van der Waals surface area contributed by atoms with Crippen LogP contribution in [-0.4, -0.2) is 86.3 Å². The van der Waals surface area contributed by atoms with Gasteiger partial charge in [0.2, 0.25) is 5.95 Å². The van der Waals surface area contributed by atoms with Gasteiger partial charge in [0.15, 0.2) is 5.96 Å². The third-order valence-corrected chi connectivity index (χ3v) is 6.96. The van der Waals surface area contributed by atoms with E-state index in [0.29, 0.717) is 6.04 Å². The minimum atomic E-state index is 0. The van der Waals surface area contributed by atoms with E-state index in [0.717, 1.165) is 83.5 Å². The van der Waals surface area contributed by atoms with Crippen molar-refractivity contribution in [2.24, 2.45) is 4.99 Å². The van der Waals surface area contributed by atoms with E-state index in [2.05, 4.69) is 57.8 Å². The molecule has 10 heteroatoms. The van der Waals surface area contributed by atoms with Crippen LogP contribution in [0.2, 0.25) is 0 Å². The Morgan fingerprint density at radius 1 is 1.06 bits per heavy atom. The molecular weight excluding hydrogens is 535 g/mol. The van der Waals surface area contributed by atoms with Gasteiger partial charge in [-0.1, -0.05) is 0 Å². The number of nitrogens with zero attached hydrogens (tertiary/aromatic N) is 6. The number of hydrogen-bond donors (Lipinski definition) is 2. The molecule has 0 radical (unpaired) electrons. The lowest BCUT2D eigenvalue weighted by atomic mass is 10.1. The molecule has 2 N–H and O–H groups in total. The number of aromatic nitrogens is 2. The number of anilines is 2. The Labute approximate surface area is 212 Å². The second-order valence-corrected chi connectivity index (χ2v) is 9.01. The monoisotopic (exact) mass is 570 g/mol. The first-order valence-electron chi connectivity index (χ1n) is 11.3. The molecule has 0 saturated carbocycles.